The van der Waals surface area contributed by atoms with Gasteiger partial charge in [0.2, 0.25) is 5.91 Å². The van der Waals surface area contributed by atoms with E-state index in [0.29, 0.717) is 11.7 Å². The Morgan fingerprint density at radius 1 is 1.03 bits per heavy atom. The quantitative estimate of drug-likeness (QED) is 0.364. The van der Waals surface area contributed by atoms with Gasteiger partial charge in [-0.25, -0.2) is 0 Å². The molecule has 1 saturated heterocycles. The topological polar surface area (TPSA) is 85.4 Å². The van der Waals surface area contributed by atoms with E-state index in [4.69, 9.17) is 9.15 Å². The van der Waals surface area contributed by atoms with Crippen molar-refractivity contribution in [3.05, 3.63) is 78.8 Å². The third kappa shape index (κ3) is 5.58. The Morgan fingerprint density at radius 2 is 1.80 bits per heavy atom. The Labute approximate surface area is 208 Å². The lowest BCUT2D eigenvalue weighted by Crippen LogP contribution is -2.36. The molecule has 180 valence electrons. The van der Waals surface area contributed by atoms with Gasteiger partial charge in [0.05, 0.1) is 31.3 Å². The number of rotatable bonds is 8. The summed E-state index contributed by atoms with van der Waals surface area (Å²) in [4.78, 5) is 15.3. The fourth-order valence-electron chi connectivity index (χ4n) is 3.91. The van der Waals surface area contributed by atoms with Gasteiger partial charge in [-0.2, -0.15) is 0 Å². The maximum Gasteiger partial charge on any atom is 0.237 e. The molecule has 3 heterocycles. The minimum absolute atomic E-state index is 0.0945. The van der Waals surface area contributed by atoms with Crippen LogP contribution in [-0.4, -0.2) is 52.2 Å². The van der Waals surface area contributed by atoms with E-state index in [9.17, 15) is 4.79 Å². The number of amides is 1. The predicted octanol–water partition coefficient (Wildman–Crippen LogP) is 4.54. The highest BCUT2D eigenvalue weighted by Gasteiger charge is 2.22. The minimum atomic E-state index is -0.378. The lowest BCUT2D eigenvalue weighted by Gasteiger charge is -2.28. The predicted molar refractivity (Wildman–Crippen MR) is 137 cm³/mol. The first-order valence-electron chi connectivity index (χ1n) is 11.6. The summed E-state index contributed by atoms with van der Waals surface area (Å²) in [6.07, 6.45) is 1.65. The molecule has 1 aliphatic rings. The van der Waals surface area contributed by atoms with Gasteiger partial charge in [-0.3, -0.25) is 9.36 Å². The molecule has 0 bridgehead atoms. The van der Waals surface area contributed by atoms with Crippen LogP contribution in [0.1, 0.15) is 12.7 Å². The van der Waals surface area contributed by atoms with Crippen LogP contribution in [0.4, 0.5) is 11.4 Å². The van der Waals surface area contributed by atoms with Crippen molar-refractivity contribution >= 4 is 29.0 Å². The molecule has 0 aliphatic carbocycles. The summed E-state index contributed by atoms with van der Waals surface area (Å²) in [7, 11) is 0. The van der Waals surface area contributed by atoms with Crippen LogP contribution in [0.2, 0.25) is 0 Å². The fraction of sp³-hybridized carbons (Fsp3) is 0.269. The first-order valence-corrected chi connectivity index (χ1v) is 12.5. The number of anilines is 2. The van der Waals surface area contributed by atoms with Gasteiger partial charge in [-0.05, 0) is 43.3 Å². The molecule has 2 aromatic heterocycles. The molecule has 9 heteroatoms. The Morgan fingerprint density at radius 3 is 2.51 bits per heavy atom. The molecule has 1 N–H and O–H groups in total. The van der Waals surface area contributed by atoms with Gasteiger partial charge in [0.25, 0.3) is 0 Å². The molecular weight excluding hydrogens is 462 g/mol. The molecule has 1 atom stereocenters. The Bertz CT molecular complexity index is 1240. The van der Waals surface area contributed by atoms with Crippen molar-refractivity contribution in [2.24, 2.45) is 0 Å². The molecule has 1 fully saturated rings. The van der Waals surface area contributed by atoms with Crippen molar-refractivity contribution in [2.75, 3.05) is 36.5 Å². The molecule has 8 nitrogen and oxygen atoms in total. The van der Waals surface area contributed by atoms with Gasteiger partial charge >= 0.3 is 0 Å². The zero-order valence-electron chi connectivity index (χ0n) is 19.5. The summed E-state index contributed by atoms with van der Waals surface area (Å²) < 4.78 is 13.0. The number of ether oxygens (including phenoxy) is 1. The van der Waals surface area contributed by atoms with E-state index in [1.165, 1.54) is 11.8 Å². The van der Waals surface area contributed by atoms with E-state index in [1.807, 2.05) is 78.2 Å². The van der Waals surface area contributed by atoms with Gasteiger partial charge in [0.1, 0.15) is 5.76 Å². The molecule has 0 saturated carbocycles. The van der Waals surface area contributed by atoms with E-state index < -0.39 is 0 Å². The molecule has 35 heavy (non-hydrogen) atoms. The van der Waals surface area contributed by atoms with Crippen molar-refractivity contribution in [3.8, 4) is 11.4 Å². The normalized spacial score (nSPS) is 14.6. The zero-order valence-corrected chi connectivity index (χ0v) is 20.3. The van der Waals surface area contributed by atoms with Gasteiger partial charge in [0.15, 0.2) is 11.0 Å². The summed E-state index contributed by atoms with van der Waals surface area (Å²) in [5, 5.41) is 12.1. The lowest BCUT2D eigenvalue weighted by atomic mass is 10.2. The summed E-state index contributed by atoms with van der Waals surface area (Å²) in [5.74, 6) is 1.43. The number of nitrogens with one attached hydrogen (secondary N) is 1. The lowest BCUT2D eigenvalue weighted by molar-refractivity contribution is -0.115. The largest absolute Gasteiger partial charge is 0.467 e. The number of carbonyl (C=O) groups excluding carboxylic acids is 1. The van der Waals surface area contributed by atoms with E-state index in [0.717, 1.165) is 54.8 Å². The average Bonchev–Trinajstić information content (AvgIpc) is 3.56. The highest BCUT2D eigenvalue weighted by Crippen LogP contribution is 2.29. The number of furan rings is 1. The van der Waals surface area contributed by atoms with Gasteiger partial charge in [-0.15, -0.1) is 10.2 Å². The second-order valence-electron chi connectivity index (χ2n) is 8.23. The first kappa shape index (κ1) is 23.2. The number of aromatic nitrogens is 3. The van der Waals surface area contributed by atoms with Crippen molar-refractivity contribution in [1.29, 1.82) is 0 Å². The van der Waals surface area contributed by atoms with Gasteiger partial charge in [-0.1, -0.05) is 42.1 Å². The van der Waals surface area contributed by atoms with Crippen LogP contribution in [0.15, 0.2) is 82.6 Å². The highest BCUT2D eigenvalue weighted by atomic mass is 32.2. The highest BCUT2D eigenvalue weighted by molar-refractivity contribution is 8.00. The molecule has 1 aliphatic heterocycles. The Kier molecular flexibility index (Phi) is 7.15. The zero-order chi connectivity index (χ0) is 24.0. The van der Waals surface area contributed by atoms with E-state index >= 15 is 0 Å². The summed E-state index contributed by atoms with van der Waals surface area (Å²) in [5.41, 5.74) is 2.85. The average molecular weight is 490 g/mol. The van der Waals surface area contributed by atoms with Crippen molar-refractivity contribution < 1.29 is 13.9 Å². The minimum Gasteiger partial charge on any atom is -0.467 e. The number of hydrogen-bond donors (Lipinski definition) is 1. The second kappa shape index (κ2) is 10.8. The van der Waals surface area contributed by atoms with Crippen LogP contribution in [0, 0.1) is 0 Å². The van der Waals surface area contributed by atoms with Crippen molar-refractivity contribution in [2.45, 2.75) is 23.9 Å². The number of hydrogen-bond acceptors (Lipinski definition) is 7. The molecule has 0 unspecified atom stereocenters. The molecule has 0 radical (unpaired) electrons. The molecular formula is C26H27N5O3S. The summed E-state index contributed by atoms with van der Waals surface area (Å²) >= 11 is 1.37. The van der Waals surface area contributed by atoms with E-state index in [1.54, 1.807) is 6.26 Å². The van der Waals surface area contributed by atoms with Crippen LogP contribution in [0.25, 0.3) is 11.4 Å². The SMILES string of the molecule is C[C@@H](Sc1nnc(-c2ccccc2)n1Cc1ccco1)C(=O)Nc1ccc(N2CCOCC2)cc1. The number of thioether (sulfide) groups is 1. The molecule has 1 amide bonds. The Balaban J connectivity index is 1.28. The summed E-state index contributed by atoms with van der Waals surface area (Å²) in [6.45, 7) is 5.58. The van der Waals surface area contributed by atoms with Crippen LogP contribution < -0.4 is 10.2 Å². The smallest absolute Gasteiger partial charge is 0.237 e. The molecule has 5 rings (SSSR count). The van der Waals surface area contributed by atoms with Crippen molar-refractivity contribution in [3.63, 3.8) is 0 Å². The number of benzene rings is 2. The maximum absolute atomic E-state index is 13.0. The third-order valence-electron chi connectivity index (χ3n) is 5.81. The van der Waals surface area contributed by atoms with Crippen LogP contribution in [-0.2, 0) is 16.1 Å². The number of carbonyl (C=O) groups is 1. The second-order valence-corrected chi connectivity index (χ2v) is 9.54. The summed E-state index contributed by atoms with van der Waals surface area (Å²) in [6, 6.07) is 21.6. The Hall–Kier alpha value is -3.56. The van der Waals surface area contributed by atoms with E-state index in [2.05, 4.69) is 20.4 Å². The van der Waals surface area contributed by atoms with Crippen molar-refractivity contribution in [1.82, 2.24) is 14.8 Å². The maximum atomic E-state index is 13.0. The van der Waals surface area contributed by atoms with Crippen LogP contribution in [0.5, 0.6) is 0 Å². The van der Waals surface area contributed by atoms with E-state index in [-0.39, 0.29) is 11.2 Å². The van der Waals surface area contributed by atoms with Crippen LogP contribution in [0.3, 0.4) is 0 Å². The number of nitrogens with zero attached hydrogens (tertiary/aromatic N) is 4. The standard InChI is InChI=1S/C26H27N5O3S/c1-19(25(32)27-21-9-11-22(12-10-21)30-13-16-33-17-14-30)35-26-29-28-24(20-6-3-2-4-7-20)31(26)18-23-8-5-15-34-23/h2-12,15,19H,13-14,16-18H2,1H3,(H,27,32)/t19-/m1/s1. The molecule has 2 aromatic carbocycles. The third-order valence-corrected chi connectivity index (χ3v) is 6.89. The first-order chi connectivity index (χ1) is 17.2. The molecule has 0 spiro atoms. The monoisotopic (exact) mass is 489 g/mol. The number of morpholine rings is 1. The molecule has 4 aromatic rings. The fourth-order valence-corrected chi connectivity index (χ4v) is 4.76. The van der Waals surface area contributed by atoms with Crippen LogP contribution >= 0.6 is 11.8 Å². The van der Waals surface area contributed by atoms with Gasteiger partial charge in [0, 0.05) is 30.0 Å². The van der Waals surface area contributed by atoms with Gasteiger partial charge < -0.3 is 19.4 Å².